The maximum absolute atomic E-state index is 11.7. The molecule has 0 spiro atoms. The summed E-state index contributed by atoms with van der Waals surface area (Å²) < 4.78 is 0. The molecule has 0 N–H and O–H groups in total. The van der Waals surface area contributed by atoms with Crippen LogP contribution in [-0.4, -0.2) is 54.2 Å². The standard InChI is InChI=1S/C11H18N2O2/c1-12-5-2-9(3-6-12)13-7-4-10(14)8-11(13)15/h9H,2-8H2,1H3. The first kappa shape index (κ1) is 10.6. The Balaban J connectivity index is 1.93. The van der Waals surface area contributed by atoms with Crippen molar-refractivity contribution in [2.24, 2.45) is 0 Å². The van der Waals surface area contributed by atoms with Gasteiger partial charge in [-0.3, -0.25) is 9.59 Å². The molecule has 2 rings (SSSR count). The highest BCUT2D eigenvalue weighted by molar-refractivity contribution is 6.00. The average molecular weight is 210 g/mol. The molecule has 0 aliphatic carbocycles. The molecule has 4 nitrogen and oxygen atoms in total. The van der Waals surface area contributed by atoms with Gasteiger partial charge in [0, 0.05) is 19.0 Å². The Morgan fingerprint density at radius 3 is 2.40 bits per heavy atom. The van der Waals surface area contributed by atoms with Gasteiger partial charge in [-0.25, -0.2) is 0 Å². The number of carbonyl (C=O) groups excluding carboxylic acids is 2. The molecule has 84 valence electrons. The van der Waals surface area contributed by atoms with E-state index in [1.165, 1.54) is 0 Å². The first-order valence-electron chi connectivity index (χ1n) is 5.66. The summed E-state index contributed by atoms with van der Waals surface area (Å²) in [5.74, 6) is 0.144. The number of hydrogen-bond donors (Lipinski definition) is 0. The fraction of sp³-hybridized carbons (Fsp3) is 0.818. The lowest BCUT2D eigenvalue weighted by molar-refractivity contribution is -0.142. The molecular formula is C11H18N2O2. The van der Waals surface area contributed by atoms with Gasteiger partial charge >= 0.3 is 0 Å². The van der Waals surface area contributed by atoms with E-state index in [1.54, 1.807) is 0 Å². The minimum atomic E-state index is 0.0424. The summed E-state index contributed by atoms with van der Waals surface area (Å²) in [5.41, 5.74) is 0. The molecule has 0 aromatic heterocycles. The highest BCUT2D eigenvalue weighted by Gasteiger charge is 2.30. The zero-order chi connectivity index (χ0) is 10.8. The first-order chi connectivity index (χ1) is 7.16. The third-order valence-corrected chi connectivity index (χ3v) is 3.43. The largest absolute Gasteiger partial charge is 0.339 e. The summed E-state index contributed by atoms with van der Waals surface area (Å²) in [7, 11) is 2.11. The van der Waals surface area contributed by atoms with E-state index in [0.717, 1.165) is 25.9 Å². The topological polar surface area (TPSA) is 40.6 Å². The summed E-state index contributed by atoms with van der Waals surface area (Å²) in [6.07, 6.45) is 2.79. The molecule has 2 aliphatic rings. The molecule has 2 saturated heterocycles. The van der Waals surface area contributed by atoms with Crippen molar-refractivity contribution in [2.45, 2.75) is 31.7 Å². The van der Waals surface area contributed by atoms with Gasteiger partial charge in [0.2, 0.25) is 5.91 Å². The van der Waals surface area contributed by atoms with Crippen LogP contribution in [0.1, 0.15) is 25.7 Å². The van der Waals surface area contributed by atoms with Crippen LogP contribution >= 0.6 is 0 Å². The molecule has 0 atom stereocenters. The van der Waals surface area contributed by atoms with Crippen LogP contribution in [0.5, 0.6) is 0 Å². The molecular weight excluding hydrogens is 192 g/mol. The van der Waals surface area contributed by atoms with Crippen LogP contribution in [0.2, 0.25) is 0 Å². The van der Waals surface area contributed by atoms with Crippen molar-refractivity contribution in [1.82, 2.24) is 9.80 Å². The van der Waals surface area contributed by atoms with E-state index in [9.17, 15) is 9.59 Å². The van der Waals surface area contributed by atoms with Gasteiger partial charge < -0.3 is 9.80 Å². The van der Waals surface area contributed by atoms with Crippen molar-refractivity contribution < 1.29 is 9.59 Å². The lowest BCUT2D eigenvalue weighted by Crippen LogP contribution is -2.49. The maximum Gasteiger partial charge on any atom is 0.230 e. The van der Waals surface area contributed by atoms with Gasteiger partial charge in [-0.05, 0) is 33.0 Å². The van der Waals surface area contributed by atoms with E-state index in [0.29, 0.717) is 19.0 Å². The Kier molecular flexibility index (Phi) is 3.05. The summed E-state index contributed by atoms with van der Waals surface area (Å²) in [6.45, 7) is 2.76. The van der Waals surface area contributed by atoms with Crippen LogP contribution in [0.25, 0.3) is 0 Å². The lowest BCUT2D eigenvalue weighted by atomic mass is 9.99. The smallest absolute Gasteiger partial charge is 0.230 e. The van der Waals surface area contributed by atoms with Gasteiger partial charge in [0.15, 0.2) is 0 Å². The molecule has 0 radical (unpaired) electrons. The van der Waals surface area contributed by atoms with Gasteiger partial charge in [0.05, 0.1) is 6.42 Å². The predicted molar refractivity (Wildman–Crippen MR) is 56.5 cm³/mol. The number of hydrogen-bond acceptors (Lipinski definition) is 3. The summed E-state index contributed by atoms with van der Waals surface area (Å²) in [6, 6.07) is 0.377. The van der Waals surface area contributed by atoms with Crippen LogP contribution in [0.3, 0.4) is 0 Å². The molecule has 2 heterocycles. The van der Waals surface area contributed by atoms with E-state index in [1.807, 2.05) is 4.90 Å². The minimum absolute atomic E-state index is 0.0424. The number of Topliss-reactive ketones (excluding diaryl/α,β-unsaturated/α-hetero) is 1. The van der Waals surface area contributed by atoms with E-state index in [4.69, 9.17) is 0 Å². The molecule has 15 heavy (non-hydrogen) atoms. The van der Waals surface area contributed by atoms with Crippen molar-refractivity contribution in [3.8, 4) is 0 Å². The maximum atomic E-state index is 11.7. The van der Waals surface area contributed by atoms with Gasteiger partial charge in [-0.1, -0.05) is 0 Å². The number of amides is 1. The van der Waals surface area contributed by atoms with Gasteiger partial charge in [-0.15, -0.1) is 0 Å². The predicted octanol–water partition coefficient (Wildman–Crippen LogP) is 0.272. The fourth-order valence-electron chi connectivity index (χ4n) is 2.42. The van der Waals surface area contributed by atoms with Crippen LogP contribution in [-0.2, 0) is 9.59 Å². The van der Waals surface area contributed by atoms with E-state index in [-0.39, 0.29) is 18.1 Å². The zero-order valence-electron chi connectivity index (χ0n) is 9.24. The highest BCUT2D eigenvalue weighted by atomic mass is 16.2. The van der Waals surface area contributed by atoms with Crippen molar-refractivity contribution in [1.29, 1.82) is 0 Å². The number of rotatable bonds is 1. The Bertz CT molecular complexity index is 270. The molecule has 1 amide bonds. The van der Waals surface area contributed by atoms with Crippen LogP contribution < -0.4 is 0 Å². The van der Waals surface area contributed by atoms with Gasteiger partial charge in [0.25, 0.3) is 0 Å². The minimum Gasteiger partial charge on any atom is -0.339 e. The van der Waals surface area contributed by atoms with Crippen molar-refractivity contribution in [2.75, 3.05) is 26.7 Å². The van der Waals surface area contributed by atoms with Gasteiger partial charge in [-0.2, -0.15) is 0 Å². The fourth-order valence-corrected chi connectivity index (χ4v) is 2.42. The SMILES string of the molecule is CN1CCC(N2CCC(=O)CC2=O)CC1. The molecule has 0 aromatic carbocycles. The molecule has 4 heteroatoms. The van der Waals surface area contributed by atoms with E-state index >= 15 is 0 Å². The van der Waals surface area contributed by atoms with Crippen LogP contribution in [0.15, 0.2) is 0 Å². The molecule has 0 aromatic rings. The number of likely N-dealkylation sites (tertiary alicyclic amines) is 2. The highest BCUT2D eigenvalue weighted by Crippen LogP contribution is 2.19. The molecule has 0 saturated carbocycles. The molecule has 0 unspecified atom stereocenters. The lowest BCUT2D eigenvalue weighted by Gasteiger charge is -2.38. The van der Waals surface area contributed by atoms with E-state index in [2.05, 4.69) is 11.9 Å². The Morgan fingerprint density at radius 2 is 1.80 bits per heavy atom. The van der Waals surface area contributed by atoms with Crippen molar-refractivity contribution >= 4 is 11.7 Å². The molecule has 0 bridgehead atoms. The number of piperidine rings is 2. The second-order valence-corrected chi connectivity index (χ2v) is 4.59. The second kappa shape index (κ2) is 4.31. The van der Waals surface area contributed by atoms with E-state index < -0.39 is 0 Å². The van der Waals surface area contributed by atoms with Crippen LogP contribution in [0.4, 0.5) is 0 Å². The third kappa shape index (κ3) is 2.37. The third-order valence-electron chi connectivity index (χ3n) is 3.43. The monoisotopic (exact) mass is 210 g/mol. The molecule has 2 aliphatic heterocycles. The average Bonchev–Trinajstić information content (AvgIpc) is 2.20. The first-order valence-corrected chi connectivity index (χ1v) is 5.66. The van der Waals surface area contributed by atoms with Gasteiger partial charge in [0.1, 0.15) is 5.78 Å². The summed E-state index contributed by atoms with van der Waals surface area (Å²) in [5, 5.41) is 0. The molecule has 2 fully saturated rings. The van der Waals surface area contributed by atoms with Crippen molar-refractivity contribution in [3.63, 3.8) is 0 Å². The van der Waals surface area contributed by atoms with Crippen LogP contribution in [0, 0.1) is 0 Å². The Morgan fingerprint density at radius 1 is 1.13 bits per heavy atom. The normalized spacial score (nSPS) is 26.1. The zero-order valence-corrected chi connectivity index (χ0v) is 9.24. The quantitative estimate of drug-likeness (QED) is 0.583. The summed E-state index contributed by atoms with van der Waals surface area (Å²) in [4.78, 5) is 27.0. The number of carbonyl (C=O) groups is 2. The second-order valence-electron chi connectivity index (χ2n) is 4.59. The summed E-state index contributed by atoms with van der Waals surface area (Å²) >= 11 is 0. The Hall–Kier alpha value is -0.900. The Labute approximate surface area is 90.2 Å². The van der Waals surface area contributed by atoms with Crippen molar-refractivity contribution in [3.05, 3.63) is 0 Å². The number of ketones is 1. The number of nitrogens with zero attached hydrogens (tertiary/aromatic N) is 2.